The van der Waals surface area contributed by atoms with Crippen molar-refractivity contribution < 1.29 is 14.4 Å². The molecule has 0 unspecified atom stereocenters. The van der Waals surface area contributed by atoms with E-state index in [1.807, 2.05) is 53.9 Å². The van der Waals surface area contributed by atoms with E-state index in [2.05, 4.69) is 16.0 Å². The van der Waals surface area contributed by atoms with Crippen molar-refractivity contribution in [2.75, 3.05) is 23.7 Å². The number of rotatable bonds is 6. The molecular formula is C27H29N5O3S. The Kier molecular flexibility index (Phi) is 7.11. The van der Waals surface area contributed by atoms with Gasteiger partial charge in [0.05, 0.1) is 11.7 Å². The number of carbonyl (C=O) groups is 3. The second-order valence-corrected chi connectivity index (χ2v) is 10.0. The molecular weight excluding hydrogens is 474 g/mol. The van der Waals surface area contributed by atoms with Crippen molar-refractivity contribution in [2.24, 2.45) is 0 Å². The molecule has 5 rings (SSSR count). The molecule has 8 nitrogen and oxygen atoms in total. The molecule has 36 heavy (non-hydrogen) atoms. The third-order valence-corrected chi connectivity index (χ3v) is 7.58. The summed E-state index contributed by atoms with van der Waals surface area (Å²) < 4.78 is 0. The zero-order valence-corrected chi connectivity index (χ0v) is 20.9. The Bertz CT molecular complexity index is 1250. The maximum atomic E-state index is 12.7. The minimum Gasteiger partial charge on any atom is -0.331 e. The summed E-state index contributed by atoms with van der Waals surface area (Å²) in [6, 6.07) is 14.8. The number of nitrogens with zero attached hydrogens (tertiary/aromatic N) is 2. The Morgan fingerprint density at radius 2 is 1.58 bits per heavy atom. The molecule has 3 heterocycles. The minimum atomic E-state index is -0.400. The van der Waals surface area contributed by atoms with Gasteiger partial charge in [0.1, 0.15) is 11.0 Å². The van der Waals surface area contributed by atoms with Crippen LogP contribution in [0.25, 0.3) is 21.8 Å². The number of benzene rings is 2. The van der Waals surface area contributed by atoms with Gasteiger partial charge >= 0.3 is 0 Å². The molecule has 0 spiro atoms. The summed E-state index contributed by atoms with van der Waals surface area (Å²) in [4.78, 5) is 43.1. The van der Waals surface area contributed by atoms with Gasteiger partial charge in [-0.3, -0.25) is 14.4 Å². The predicted octanol–water partition coefficient (Wildman–Crippen LogP) is 4.12. The van der Waals surface area contributed by atoms with Gasteiger partial charge in [0, 0.05) is 41.4 Å². The number of amides is 3. The van der Waals surface area contributed by atoms with Crippen molar-refractivity contribution in [3.63, 3.8) is 0 Å². The molecule has 2 saturated heterocycles. The van der Waals surface area contributed by atoms with Crippen molar-refractivity contribution in [1.29, 1.82) is 0 Å². The molecule has 9 heteroatoms. The SMILES string of the molecule is CC(=O)N1CCC[C@H]1C(=O)Nc1ccc(-c2nc(-c3ccc(NC(=O)[C@@H]4CCCN4)cc3)cs2)cc1. The van der Waals surface area contributed by atoms with Crippen LogP contribution in [-0.4, -0.2) is 52.8 Å². The average Bonchev–Trinajstić information content (AvgIpc) is 3.67. The molecule has 3 amide bonds. The van der Waals surface area contributed by atoms with E-state index in [1.165, 1.54) is 6.92 Å². The van der Waals surface area contributed by atoms with Gasteiger partial charge in [0.2, 0.25) is 17.7 Å². The lowest BCUT2D eigenvalue weighted by Crippen LogP contribution is -2.42. The van der Waals surface area contributed by atoms with E-state index in [0.29, 0.717) is 18.7 Å². The Morgan fingerprint density at radius 1 is 0.917 bits per heavy atom. The number of hydrogen-bond donors (Lipinski definition) is 3. The first kappa shape index (κ1) is 24.1. The van der Waals surface area contributed by atoms with E-state index in [9.17, 15) is 14.4 Å². The van der Waals surface area contributed by atoms with Gasteiger partial charge in [-0.05, 0) is 68.6 Å². The van der Waals surface area contributed by atoms with Crippen molar-refractivity contribution in [2.45, 2.75) is 44.7 Å². The number of thiazole rings is 1. The number of hydrogen-bond acceptors (Lipinski definition) is 6. The highest BCUT2D eigenvalue weighted by atomic mass is 32.1. The highest BCUT2D eigenvalue weighted by Gasteiger charge is 2.32. The van der Waals surface area contributed by atoms with Crippen LogP contribution in [0.5, 0.6) is 0 Å². The maximum Gasteiger partial charge on any atom is 0.247 e. The van der Waals surface area contributed by atoms with Crippen molar-refractivity contribution in [3.8, 4) is 21.8 Å². The first-order valence-corrected chi connectivity index (χ1v) is 13.1. The van der Waals surface area contributed by atoms with Gasteiger partial charge in [-0.15, -0.1) is 11.3 Å². The molecule has 0 radical (unpaired) electrons. The molecule has 3 N–H and O–H groups in total. The van der Waals surface area contributed by atoms with Crippen molar-refractivity contribution in [3.05, 3.63) is 53.9 Å². The molecule has 0 aliphatic carbocycles. The van der Waals surface area contributed by atoms with Crippen LogP contribution in [0.1, 0.15) is 32.6 Å². The van der Waals surface area contributed by atoms with Crippen LogP contribution in [0.15, 0.2) is 53.9 Å². The molecule has 2 aliphatic rings. The summed E-state index contributed by atoms with van der Waals surface area (Å²) in [5.41, 5.74) is 4.28. The van der Waals surface area contributed by atoms with Crippen LogP contribution >= 0.6 is 11.3 Å². The van der Waals surface area contributed by atoms with Crippen LogP contribution in [0.3, 0.4) is 0 Å². The average molecular weight is 504 g/mol. The maximum absolute atomic E-state index is 12.7. The fourth-order valence-corrected chi connectivity index (χ4v) is 5.57. The summed E-state index contributed by atoms with van der Waals surface area (Å²) in [6.45, 7) is 3.03. The lowest BCUT2D eigenvalue weighted by Gasteiger charge is -2.22. The zero-order valence-electron chi connectivity index (χ0n) is 20.1. The van der Waals surface area contributed by atoms with E-state index in [0.717, 1.165) is 53.3 Å². The third-order valence-electron chi connectivity index (χ3n) is 6.69. The molecule has 186 valence electrons. The highest BCUT2D eigenvalue weighted by Crippen LogP contribution is 2.30. The Labute approximate surface area is 214 Å². The van der Waals surface area contributed by atoms with E-state index < -0.39 is 6.04 Å². The number of aromatic nitrogens is 1. The Morgan fingerprint density at radius 3 is 2.22 bits per heavy atom. The van der Waals surface area contributed by atoms with E-state index in [4.69, 9.17) is 4.98 Å². The smallest absolute Gasteiger partial charge is 0.247 e. The summed E-state index contributed by atoms with van der Waals surface area (Å²) in [7, 11) is 0. The highest BCUT2D eigenvalue weighted by molar-refractivity contribution is 7.13. The summed E-state index contributed by atoms with van der Waals surface area (Å²) >= 11 is 1.55. The normalized spacial score (nSPS) is 19.3. The van der Waals surface area contributed by atoms with Gasteiger partial charge in [-0.2, -0.15) is 0 Å². The standard InChI is InChI=1S/C27H29N5O3S/c1-17(33)32-15-3-5-24(32)26(35)30-21-12-8-19(9-13-21)27-31-23(16-36-27)18-6-10-20(11-7-18)29-25(34)22-4-2-14-28-22/h6-13,16,22,24,28H,2-5,14-15H2,1H3,(H,29,34)(H,30,35)/t22-,24-/m0/s1. The quantitative estimate of drug-likeness (QED) is 0.470. The van der Waals surface area contributed by atoms with Crippen LogP contribution < -0.4 is 16.0 Å². The minimum absolute atomic E-state index is 0.00949. The van der Waals surface area contributed by atoms with Gasteiger partial charge in [-0.25, -0.2) is 4.98 Å². The molecule has 0 saturated carbocycles. The molecule has 2 fully saturated rings. The molecule has 2 aliphatic heterocycles. The molecule has 0 bridgehead atoms. The number of anilines is 2. The topological polar surface area (TPSA) is 103 Å². The number of carbonyl (C=O) groups excluding carboxylic acids is 3. The fourth-order valence-electron chi connectivity index (χ4n) is 4.74. The monoisotopic (exact) mass is 503 g/mol. The number of likely N-dealkylation sites (tertiary alicyclic amines) is 1. The first-order chi connectivity index (χ1) is 17.5. The second-order valence-electron chi connectivity index (χ2n) is 9.19. The lowest BCUT2D eigenvalue weighted by molar-refractivity contribution is -0.134. The Balaban J connectivity index is 1.20. The van der Waals surface area contributed by atoms with Crippen LogP contribution in [0, 0.1) is 0 Å². The van der Waals surface area contributed by atoms with Crippen molar-refractivity contribution >= 4 is 40.4 Å². The zero-order chi connectivity index (χ0) is 25.1. The predicted molar refractivity (Wildman–Crippen MR) is 142 cm³/mol. The lowest BCUT2D eigenvalue weighted by atomic mass is 10.1. The van der Waals surface area contributed by atoms with E-state index in [1.54, 1.807) is 16.2 Å². The van der Waals surface area contributed by atoms with Gasteiger partial charge in [0.25, 0.3) is 0 Å². The summed E-state index contributed by atoms with van der Waals surface area (Å²) in [6.07, 6.45) is 3.44. The Hall–Kier alpha value is -3.56. The van der Waals surface area contributed by atoms with Crippen LogP contribution in [-0.2, 0) is 14.4 Å². The van der Waals surface area contributed by atoms with Crippen molar-refractivity contribution in [1.82, 2.24) is 15.2 Å². The van der Waals surface area contributed by atoms with Gasteiger partial charge in [-0.1, -0.05) is 12.1 Å². The molecule has 1 aromatic heterocycles. The largest absolute Gasteiger partial charge is 0.331 e. The van der Waals surface area contributed by atoms with E-state index in [-0.39, 0.29) is 23.8 Å². The van der Waals surface area contributed by atoms with Crippen LogP contribution in [0.2, 0.25) is 0 Å². The fraction of sp³-hybridized carbons (Fsp3) is 0.333. The van der Waals surface area contributed by atoms with Crippen LogP contribution in [0.4, 0.5) is 11.4 Å². The summed E-state index contributed by atoms with van der Waals surface area (Å²) in [5, 5.41) is 12.0. The third kappa shape index (κ3) is 5.32. The number of nitrogens with one attached hydrogen (secondary N) is 3. The molecule has 2 aromatic carbocycles. The van der Waals surface area contributed by atoms with Gasteiger partial charge < -0.3 is 20.9 Å². The second kappa shape index (κ2) is 10.6. The first-order valence-electron chi connectivity index (χ1n) is 12.3. The molecule has 3 aromatic rings. The van der Waals surface area contributed by atoms with Gasteiger partial charge in [0.15, 0.2) is 0 Å². The summed E-state index contributed by atoms with van der Waals surface area (Å²) in [5.74, 6) is -0.204. The molecule has 2 atom stereocenters. The van der Waals surface area contributed by atoms with E-state index >= 15 is 0 Å².